The summed E-state index contributed by atoms with van der Waals surface area (Å²) in [5.74, 6) is 2.73. The Morgan fingerprint density at radius 3 is 2.85 bits per heavy atom. The minimum atomic E-state index is -0.0991. The molecule has 3 unspecified atom stereocenters. The van der Waals surface area contributed by atoms with Crippen LogP contribution in [-0.2, 0) is 16.0 Å². The van der Waals surface area contributed by atoms with Crippen molar-refractivity contribution in [3.05, 3.63) is 23.3 Å². The van der Waals surface area contributed by atoms with Crippen LogP contribution in [0.2, 0.25) is 0 Å². The maximum absolute atomic E-state index is 12.5. The predicted molar refractivity (Wildman–Crippen MR) is 105 cm³/mol. The zero-order chi connectivity index (χ0) is 18.5. The fraction of sp³-hybridized carbons (Fsp3) is 0.619. The van der Waals surface area contributed by atoms with Crippen LogP contribution in [0.5, 0.6) is 5.75 Å². The van der Waals surface area contributed by atoms with E-state index in [1.807, 2.05) is 0 Å². The lowest BCUT2D eigenvalue weighted by Gasteiger charge is -2.48. The Kier molecular flexibility index (Phi) is 4.62. The summed E-state index contributed by atoms with van der Waals surface area (Å²) >= 11 is 3.21. The lowest BCUT2D eigenvalue weighted by molar-refractivity contribution is -0.129. The Morgan fingerprint density at radius 2 is 2.12 bits per heavy atom. The highest BCUT2D eigenvalue weighted by atomic mass is 79.9. The highest BCUT2D eigenvalue weighted by Crippen LogP contribution is 2.60. The summed E-state index contributed by atoms with van der Waals surface area (Å²) in [6.45, 7) is 2.20. The van der Waals surface area contributed by atoms with Gasteiger partial charge in [-0.1, -0.05) is 22.9 Å². The number of ketones is 1. The number of hydrogen-bond donors (Lipinski definition) is 1. The quantitative estimate of drug-likeness (QED) is 0.735. The number of alkyl halides is 1. The van der Waals surface area contributed by atoms with E-state index in [-0.39, 0.29) is 16.7 Å². The van der Waals surface area contributed by atoms with Gasteiger partial charge in [-0.25, -0.2) is 0 Å². The number of amides is 1. The number of carbonyl (C=O) groups is 2. The van der Waals surface area contributed by atoms with Gasteiger partial charge in [0.05, 0.1) is 18.1 Å². The summed E-state index contributed by atoms with van der Waals surface area (Å²) < 4.78 is 5.52. The molecule has 0 saturated heterocycles. The molecule has 3 aliphatic rings. The van der Waals surface area contributed by atoms with E-state index in [9.17, 15) is 9.59 Å². The van der Waals surface area contributed by atoms with E-state index in [2.05, 4.69) is 40.3 Å². The number of carbonyl (C=O) groups excluding carboxylic acids is 2. The van der Waals surface area contributed by atoms with Crippen molar-refractivity contribution in [2.45, 2.75) is 51.4 Å². The lowest BCUT2D eigenvalue weighted by Crippen LogP contribution is -2.42. The zero-order valence-corrected chi connectivity index (χ0v) is 17.0. The number of Topliss-reactive ketones (excluding diaryl/α,β-unsaturated/α-hetero) is 1. The maximum Gasteiger partial charge on any atom is 0.235 e. The molecular formula is C21H26BrNO3. The summed E-state index contributed by atoms with van der Waals surface area (Å²) in [4.78, 5) is 24.4. The molecule has 4 nitrogen and oxygen atoms in total. The Morgan fingerprint density at radius 1 is 1.31 bits per heavy atom. The molecule has 140 valence electrons. The first-order chi connectivity index (χ1) is 12.5. The van der Waals surface area contributed by atoms with Crippen LogP contribution >= 0.6 is 15.9 Å². The molecule has 26 heavy (non-hydrogen) atoms. The third kappa shape index (κ3) is 2.70. The van der Waals surface area contributed by atoms with Crippen molar-refractivity contribution in [1.82, 2.24) is 0 Å². The van der Waals surface area contributed by atoms with Crippen molar-refractivity contribution in [3.63, 3.8) is 0 Å². The van der Waals surface area contributed by atoms with Gasteiger partial charge >= 0.3 is 0 Å². The van der Waals surface area contributed by atoms with E-state index in [1.165, 1.54) is 11.1 Å². The molecule has 2 fully saturated rings. The number of methoxy groups -OCH3 is 1. The van der Waals surface area contributed by atoms with E-state index >= 15 is 0 Å². The van der Waals surface area contributed by atoms with Crippen molar-refractivity contribution >= 4 is 33.3 Å². The first kappa shape index (κ1) is 18.0. The minimum absolute atomic E-state index is 0.0757. The van der Waals surface area contributed by atoms with Gasteiger partial charge in [0.1, 0.15) is 11.5 Å². The van der Waals surface area contributed by atoms with Gasteiger partial charge < -0.3 is 10.1 Å². The monoisotopic (exact) mass is 419 g/mol. The third-order valence-electron chi connectivity index (χ3n) is 7.15. The molecule has 0 bridgehead atoms. The summed E-state index contributed by atoms with van der Waals surface area (Å²) in [6.07, 6.45) is 6.05. The highest BCUT2D eigenvalue weighted by Gasteiger charge is 2.54. The topological polar surface area (TPSA) is 55.4 Å². The van der Waals surface area contributed by atoms with Crippen molar-refractivity contribution in [2.24, 2.45) is 17.3 Å². The Hall–Kier alpha value is -1.36. The van der Waals surface area contributed by atoms with Crippen LogP contribution in [0.15, 0.2) is 12.1 Å². The van der Waals surface area contributed by atoms with Crippen molar-refractivity contribution in [1.29, 1.82) is 0 Å². The first-order valence-electron chi connectivity index (χ1n) is 9.58. The standard InChI is InChI=1S/C21H26BrNO3/c1-21-8-7-13-14(16(21)5-6-19(21)24)4-3-12-9-18(26-2)17(10-15(12)13)23-20(25)11-22/h9-10,13-14,16H,3-8,11H2,1-2H3,(H,23,25)/t13?,14?,16?,21-/m0/s1. The molecule has 1 amide bonds. The molecule has 0 aliphatic heterocycles. The molecular weight excluding hydrogens is 394 g/mol. The van der Waals surface area contributed by atoms with E-state index in [0.717, 1.165) is 50.0 Å². The van der Waals surface area contributed by atoms with Crippen LogP contribution in [0, 0.1) is 17.3 Å². The maximum atomic E-state index is 12.5. The number of hydrogen-bond acceptors (Lipinski definition) is 3. The fourth-order valence-corrected chi connectivity index (χ4v) is 5.96. The van der Waals surface area contributed by atoms with Gasteiger partial charge in [-0.2, -0.15) is 0 Å². The van der Waals surface area contributed by atoms with Gasteiger partial charge in [-0.05, 0) is 73.1 Å². The molecule has 2 saturated carbocycles. The molecule has 0 spiro atoms. The summed E-state index contributed by atoms with van der Waals surface area (Å²) in [5, 5.41) is 3.22. The predicted octanol–water partition coefficient (Wildman–Crippen LogP) is 4.45. The molecule has 3 aliphatic carbocycles. The minimum Gasteiger partial charge on any atom is -0.495 e. The number of anilines is 1. The van der Waals surface area contributed by atoms with Crippen LogP contribution in [0.1, 0.15) is 56.1 Å². The van der Waals surface area contributed by atoms with E-state index in [1.54, 1.807) is 7.11 Å². The second-order valence-electron chi connectivity index (χ2n) is 8.27. The second-order valence-corrected chi connectivity index (χ2v) is 8.83. The van der Waals surface area contributed by atoms with Crippen molar-refractivity contribution in [3.8, 4) is 5.75 Å². The Labute approximate surface area is 163 Å². The average Bonchev–Trinajstić information content (AvgIpc) is 2.96. The summed E-state index contributed by atoms with van der Waals surface area (Å²) in [7, 11) is 1.65. The van der Waals surface area contributed by atoms with Crippen LogP contribution in [0.25, 0.3) is 0 Å². The van der Waals surface area contributed by atoms with Gasteiger partial charge in [-0.3, -0.25) is 9.59 Å². The number of fused-ring (bicyclic) bond motifs is 5. The SMILES string of the molecule is COc1cc2c(cc1NC(=O)CBr)C1CC[C@]3(C)C(=O)CCC3C1CC2. The Bertz CT molecular complexity index is 762. The molecule has 0 aromatic heterocycles. The number of benzene rings is 1. The van der Waals surface area contributed by atoms with Gasteiger partial charge in [0.2, 0.25) is 5.91 Å². The summed E-state index contributed by atoms with van der Waals surface area (Å²) in [5.41, 5.74) is 3.35. The molecule has 0 radical (unpaired) electrons. The normalized spacial score (nSPS) is 32.4. The van der Waals surface area contributed by atoms with E-state index in [0.29, 0.717) is 23.5 Å². The van der Waals surface area contributed by atoms with Gasteiger partial charge in [0.25, 0.3) is 0 Å². The molecule has 4 atom stereocenters. The van der Waals surface area contributed by atoms with Gasteiger partial charge in [-0.15, -0.1) is 0 Å². The van der Waals surface area contributed by atoms with Crippen LogP contribution < -0.4 is 10.1 Å². The number of rotatable bonds is 3. The van der Waals surface area contributed by atoms with Crippen LogP contribution in [0.3, 0.4) is 0 Å². The smallest absolute Gasteiger partial charge is 0.235 e. The highest BCUT2D eigenvalue weighted by molar-refractivity contribution is 9.09. The molecule has 4 rings (SSSR count). The second kappa shape index (κ2) is 6.66. The number of nitrogens with one attached hydrogen (secondary N) is 1. The fourth-order valence-electron chi connectivity index (χ4n) is 5.82. The van der Waals surface area contributed by atoms with Crippen LogP contribution in [-0.4, -0.2) is 24.1 Å². The molecule has 1 aromatic carbocycles. The number of aryl methyl sites for hydroxylation is 1. The van der Waals surface area contributed by atoms with Gasteiger partial charge in [0.15, 0.2) is 0 Å². The largest absolute Gasteiger partial charge is 0.495 e. The molecule has 5 heteroatoms. The number of ether oxygens (including phenoxy) is 1. The molecule has 1 N–H and O–H groups in total. The van der Waals surface area contributed by atoms with Crippen molar-refractivity contribution in [2.75, 3.05) is 17.8 Å². The van der Waals surface area contributed by atoms with E-state index < -0.39 is 0 Å². The zero-order valence-electron chi connectivity index (χ0n) is 15.4. The third-order valence-corrected chi connectivity index (χ3v) is 7.66. The van der Waals surface area contributed by atoms with Gasteiger partial charge in [0, 0.05) is 11.8 Å². The number of halogens is 1. The summed E-state index contributed by atoms with van der Waals surface area (Å²) in [6, 6.07) is 4.23. The average molecular weight is 420 g/mol. The first-order valence-corrected chi connectivity index (χ1v) is 10.7. The molecule has 0 heterocycles. The van der Waals surface area contributed by atoms with E-state index in [4.69, 9.17) is 4.74 Å². The van der Waals surface area contributed by atoms with Crippen molar-refractivity contribution < 1.29 is 14.3 Å². The lowest BCUT2D eigenvalue weighted by atomic mass is 9.55. The van der Waals surface area contributed by atoms with Crippen LogP contribution in [0.4, 0.5) is 5.69 Å². The Balaban J connectivity index is 1.70. The molecule has 1 aromatic rings.